The second-order valence-electron chi connectivity index (χ2n) is 7.65. The number of carbonyl (C=O) groups is 1. The van der Waals surface area contributed by atoms with Gasteiger partial charge in [0.05, 0.1) is 18.0 Å². The van der Waals surface area contributed by atoms with Crippen molar-refractivity contribution in [2.24, 2.45) is 0 Å². The number of benzene rings is 2. The Morgan fingerprint density at radius 1 is 1.07 bits per heavy atom. The van der Waals surface area contributed by atoms with Crippen LogP contribution in [-0.4, -0.2) is 26.6 Å². The first-order valence-corrected chi connectivity index (χ1v) is 11.7. The molecule has 0 heterocycles. The van der Waals surface area contributed by atoms with E-state index < -0.39 is 27.8 Å². The highest BCUT2D eigenvalue weighted by Crippen LogP contribution is 2.26. The molecule has 0 bridgehead atoms. The van der Waals surface area contributed by atoms with E-state index in [-0.39, 0.29) is 11.7 Å². The number of hydrogen-bond acceptors (Lipinski definition) is 3. The van der Waals surface area contributed by atoms with E-state index in [0.717, 1.165) is 29.0 Å². The van der Waals surface area contributed by atoms with Crippen molar-refractivity contribution < 1.29 is 17.6 Å². The van der Waals surface area contributed by atoms with Crippen molar-refractivity contribution in [1.29, 1.82) is 0 Å². The van der Waals surface area contributed by atoms with Crippen LogP contribution in [0.15, 0.2) is 42.5 Å². The predicted octanol–water partition coefficient (Wildman–Crippen LogP) is 3.74. The van der Waals surface area contributed by atoms with E-state index >= 15 is 0 Å². The van der Waals surface area contributed by atoms with Crippen molar-refractivity contribution in [2.75, 3.05) is 10.6 Å². The van der Waals surface area contributed by atoms with E-state index in [4.69, 9.17) is 0 Å². The van der Waals surface area contributed by atoms with Gasteiger partial charge in [-0.2, -0.15) is 0 Å². The molecule has 0 unspecified atom stereocenters. The summed E-state index contributed by atoms with van der Waals surface area (Å²) in [7, 11) is -3.86. The standard InChI is InChI=1S/C22H27FN2O3S/c1-15(18-13-12-17-8-4-5-9-19(17)14-18)24-22(26)16(2)25(29(3,27)28)21-11-7-6-10-20(21)23/h6-7,10-16H,4-5,8-9H2,1-3H3,(H,24,26)/t15-,16+/m0/s1. The molecular formula is C22H27FN2O3S. The van der Waals surface area contributed by atoms with Crippen molar-refractivity contribution >= 4 is 21.6 Å². The van der Waals surface area contributed by atoms with Crippen LogP contribution >= 0.6 is 0 Å². The number of sulfonamides is 1. The van der Waals surface area contributed by atoms with Gasteiger partial charge in [0, 0.05) is 0 Å². The molecule has 1 aliphatic rings. The van der Waals surface area contributed by atoms with Crippen LogP contribution in [0.5, 0.6) is 0 Å². The van der Waals surface area contributed by atoms with Gasteiger partial charge in [-0.1, -0.05) is 30.3 Å². The van der Waals surface area contributed by atoms with Gasteiger partial charge in [-0.3, -0.25) is 9.10 Å². The zero-order valence-corrected chi connectivity index (χ0v) is 17.8. The van der Waals surface area contributed by atoms with E-state index in [9.17, 15) is 17.6 Å². The molecule has 1 N–H and O–H groups in total. The lowest BCUT2D eigenvalue weighted by Crippen LogP contribution is -2.48. The number of anilines is 1. The number of aryl methyl sites for hydroxylation is 2. The van der Waals surface area contributed by atoms with Crippen LogP contribution in [0, 0.1) is 5.82 Å². The number of halogens is 1. The Morgan fingerprint density at radius 3 is 2.38 bits per heavy atom. The van der Waals surface area contributed by atoms with Crippen molar-refractivity contribution in [2.45, 2.75) is 51.6 Å². The minimum atomic E-state index is -3.86. The van der Waals surface area contributed by atoms with Gasteiger partial charge in [0.1, 0.15) is 11.9 Å². The monoisotopic (exact) mass is 418 g/mol. The summed E-state index contributed by atoms with van der Waals surface area (Å²) in [6, 6.07) is 10.4. The van der Waals surface area contributed by atoms with Gasteiger partial charge in [0.2, 0.25) is 15.9 Å². The van der Waals surface area contributed by atoms with Crippen LogP contribution in [0.1, 0.15) is 49.4 Å². The smallest absolute Gasteiger partial charge is 0.244 e. The summed E-state index contributed by atoms with van der Waals surface area (Å²) in [6.45, 7) is 3.32. The molecule has 3 rings (SSSR count). The van der Waals surface area contributed by atoms with Crippen LogP contribution < -0.4 is 9.62 Å². The average Bonchev–Trinajstić information content (AvgIpc) is 2.68. The number of carbonyl (C=O) groups excluding carboxylic acids is 1. The highest BCUT2D eigenvalue weighted by atomic mass is 32.2. The first kappa shape index (κ1) is 21.3. The number of fused-ring (bicyclic) bond motifs is 1. The normalized spacial score (nSPS) is 15.9. The zero-order chi connectivity index (χ0) is 21.2. The topological polar surface area (TPSA) is 66.5 Å². The molecule has 29 heavy (non-hydrogen) atoms. The van der Waals surface area contributed by atoms with Gasteiger partial charge in [0.15, 0.2) is 0 Å². The third-order valence-corrected chi connectivity index (χ3v) is 6.64. The summed E-state index contributed by atoms with van der Waals surface area (Å²) in [6.07, 6.45) is 5.46. The fraction of sp³-hybridized carbons (Fsp3) is 0.409. The molecule has 0 aromatic heterocycles. The highest BCUT2D eigenvalue weighted by molar-refractivity contribution is 7.92. The predicted molar refractivity (Wildman–Crippen MR) is 113 cm³/mol. The lowest BCUT2D eigenvalue weighted by Gasteiger charge is -2.29. The second kappa shape index (κ2) is 8.53. The van der Waals surface area contributed by atoms with Crippen molar-refractivity contribution in [1.82, 2.24) is 5.32 Å². The molecule has 2 aromatic rings. The average molecular weight is 419 g/mol. The fourth-order valence-corrected chi connectivity index (χ4v) is 5.03. The van der Waals surface area contributed by atoms with E-state index in [0.29, 0.717) is 0 Å². The maximum atomic E-state index is 14.2. The Balaban J connectivity index is 1.80. The molecule has 1 amide bonds. The quantitative estimate of drug-likeness (QED) is 0.777. The Bertz CT molecular complexity index is 1010. The van der Waals surface area contributed by atoms with Gasteiger partial charge in [-0.25, -0.2) is 12.8 Å². The number of nitrogens with zero attached hydrogens (tertiary/aromatic N) is 1. The molecular weight excluding hydrogens is 391 g/mol. The highest BCUT2D eigenvalue weighted by Gasteiger charge is 2.31. The second-order valence-corrected chi connectivity index (χ2v) is 9.51. The Morgan fingerprint density at radius 2 is 1.72 bits per heavy atom. The largest absolute Gasteiger partial charge is 0.348 e. The maximum absolute atomic E-state index is 14.2. The van der Waals surface area contributed by atoms with Crippen LogP contribution in [0.25, 0.3) is 0 Å². The molecule has 156 valence electrons. The molecule has 2 atom stereocenters. The van der Waals surface area contributed by atoms with Gasteiger partial charge < -0.3 is 5.32 Å². The molecule has 0 saturated carbocycles. The van der Waals surface area contributed by atoms with Gasteiger partial charge in [0.25, 0.3) is 0 Å². The molecule has 0 saturated heterocycles. The third-order valence-electron chi connectivity index (χ3n) is 5.41. The van der Waals surface area contributed by atoms with Gasteiger partial charge >= 0.3 is 0 Å². The lowest BCUT2D eigenvalue weighted by atomic mass is 9.89. The minimum absolute atomic E-state index is 0.140. The van der Waals surface area contributed by atoms with E-state index in [1.807, 2.05) is 13.0 Å². The molecule has 7 heteroatoms. The first-order chi connectivity index (χ1) is 13.7. The molecule has 0 aliphatic heterocycles. The van der Waals surface area contributed by atoms with Crippen LogP contribution in [-0.2, 0) is 27.7 Å². The third kappa shape index (κ3) is 4.78. The maximum Gasteiger partial charge on any atom is 0.244 e. The summed E-state index contributed by atoms with van der Waals surface area (Å²) in [4.78, 5) is 12.8. The minimum Gasteiger partial charge on any atom is -0.348 e. The molecule has 0 spiro atoms. The Labute approximate surface area is 172 Å². The zero-order valence-electron chi connectivity index (χ0n) is 17.0. The number of para-hydroxylation sites is 1. The van der Waals surface area contributed by atoms with Crippen LogP contribution in [0.4, 0.5) is 10.1 Å². The summed E-state index contributed by atoms with van der Waals surface area (Å²) >= 11 is 0. The van der Waals surface area contributed by atoms with Crippen LogP contribution in [0.3, 0.4) is 0 Å². The van der Waals surface area contributed by atoms with Crippen molar-refractivity contribution in [3.8, 4) is 0 Å². The van der Waals surface area contributed by atoms with Gasteiger partial charge in [-0.15, -0.1) is 0 Å². The van der Waals surface area contributed by atoms with Crippen molar-refractivity contribution in [3.05, 3.63) is 65.0 Å². The molecule has 2 aromatic carbocycles. The lowest BCUT2D eigenvalue weighted by molar-refractivity contribution is -0.122. The summed E-state index contributed by atoms with van der Waals surface area (Å²) in [5, 5.41) is 2.88. The van der Waals surface area contributed by atoms with Crippen LogP contribution in [0.2, 0.25) is 0 Å². The molecule has 1 aliphatic carbocycles. The molecule has 5 nitrogen and oxygen atoms in total. The first-order valence-electron chi connectivity index (χ1n) is 9.84. The number of rotatable bonds is 6. The summed E-state index contributed by atoms with van der Waals surface area (Å²) in [5.74, 6) is -1.18. The van der Waals surface area contributed by atoms with Crippen molar-refractivity contribution in [3.63, 3.8) is 0 Å². The van der Waals surface area contributed by atoms with E-state index in [2.05, 4.69) is 17.4 Å². The summed E-state index contributed by atoms with van der Waals surface area (Å²) < 4.78 is 39.7. The number of amides is 1. The fourth-order valence-electron chi connectivity index (χ4n) is 3.85. The van der Waals surface area contributed by atoms with E-state index in [1.54, 1.807) is 0 Å². The number of nitrogens with one attached hydrogen (secondary N) is 1. The van der Waals surface area contributed by atoms with E-state index in [1.165, 1.54) is 55.2 Å². The molecule has 0 radical (unpaired) electrons. The summed E-state index contributed by atoms with van der Waals surface area (Å²) in [5.41, 5.74) is 3.50. The Hall–Kier alpha value is -2.41. The van der Waals surface area contributed by atoms with Gasteiger partial charge in [-0.05, 0) is 68.4 Å². The molecule has 0 fully saturated rings. The Kier molecular flexibility index (Phi) is 6.27. The number of hydrogen-bond donors (Lipinski definition) is 1. The SMILES string of the molecule is C[C@H](NC(=O)[C@@H](C)N(c1ccccc1F)S(C)(=O)=O)c1ccc2c(c1)CCCC2.